The molecule has 6 nitrogen and oxygen atoms in total. The molecule has 24 heavy (non-hydrogen) atoms. The van der Waals surface area contributed by atoms with Crippen LogP contribution in [0.1, 0.15) is 25.7 Å². The Morgan fingerprint density at radius 3 is 1.46 bits per heavy atom. The van der Waals surface area contributed by atoms with Crippen LogP contribution in [0.2, 0.25) is 0 Å². The Morgan fingerprint density at radius 1 is 0.750 bits per heavy atom. The number of unbranched alkanes of at least 4 members (excludes halogenated alkanes) is 2. The topological polar surface area (TPSA) is 76.7 Å². The molecular formula is C16H22Cl2N2O4. The summed E-state index contributed by atoms with van der Waals surface area (Å²) in [5, 5.41) is 5.19. The highest BCUT2D eigenvalue weighted by Crippen LogP contribution is 2.14. The lowest BCUT2D eigenvalue weighted by Crippen LogP contribution is -2.15. The molecule has 0 aliphatic carbocycles. The van der Waals surface area contributed by atoms with Crippen molar-refractivity contribution in [3.8, 4) is 0 Å². The van der Waals surface area contributed by atoms with Gasteiger partial charge in [-0.2, -0.15) is 0 Å². The molecule has 2 amide bonds. The Balaban J connectivity index is 2.29. The molecule has 0 bridgehead atoms. The van der Waals surface area contributed by atoms with Gasteiger partial charge in [0, 0.05) is 23.1 Å². The molecule has 8 heteroatoms. The molecule has 0 spiro atoms. The van der Waals surface area contributed by atoms with E-state index in [2.05, 4.69) is 10.6 Å². The van der Waals surface area contributed by atoms with Crippen LogP contribution >= 0.6 is 23.2 Å². The fourth-order valence-corrected chi connectivity index (χ4v) is 2.05. The van der Waals surface area contributed by atoms with Crippen molar-refractivity contribution in [2.45, 2.75) is 25.7 Å². The predicted octanol–water partition coefficient (Wildman–Crippen LogP) is 4.82. The number of alkyl halides is 2. The standard InChI is InChI=1S/C16H22Cl2N2O4/c17-9-1-3-11-23-15(21)19-13-5-7-14(8-6-13)20-16(22)24-12-4-2-10-18/h5-8H,1-4,9-12H2,(H,19,21)(H,20,22). The number of ether oxygens (including phenoxy) is 2. The van der Waals surface area contributed by atoms with Gasteiger partial charge in [0.25, 0.3) is 0 Å². The van der Waals surface area contributed by atoms with Gasteiger partial charge in [0.1, 0.15) is 0 Å². The monoisotopic (exact) mass is 376 g/mol. The number of benzene rings is 1. The molecule has 1 aromatic rings. The Hall–Kier alpha value is -1.66. The maximum atomic E-state index is 11.5. The molecular weight excluding hydrogens is 355 g/mol. The summed E-state index contributed by atoms with van der Waals surface area (Å²) in [7, 11) is 0. The van der Waals surface area contributed by atoms with Crippen LogP contribution in [-0.4, -0.2) is 37.2 Å². The van der Waals surface area contributed by atoms with Gasteiger partial charge in [-0.25, -0.2) is 9.59 Å². The van der Waals surface area contributed by atoms with E-state index in [0.717, 1.165) is 25.7 Å². The number of carbonyl (C=O) groups is 2. The number of amides is 2. The van der Waals surface area contributed by atoms with Crippen LogP contribution in [0.5, 0.6) is 0 Å². The molecule has 0 fully saturated rings. The molecule has 2 N–H and O–H groups in total. The third-order valence-electron chi connectivity index (χ3n) is 2.90. The molecule has 0 aliphatic heterocycles. The maximum Gasteiger partial charge on any atom is 0.411 e. The molecule has 1 rings (SSSR count). The molecule has 1 aromatic carbocycles. The van der Waals surface area contributed by atoms with Crippen molar-refractivity contribution in [1.82, 2.24) is 0 Å². The van der Waals surface area contributed by atoms with Crippen LogP contribution in [0.3, 0.4) is 0 Å². The predicted molar refractivity (Wildman–Crippen MR) is 96.3 cm³/mol. The fraction of sp³-hybridized carbons (Fsp3) is 0.500. The average molecular weight is 377 g/mol. The number of anilines is 2. The Labute approximate surface area is 151 Å². The minimum atomic E-state index is -0.524. The summed E-state index contributed by atoms with van der Waals surface area (Å²) in [5.41, 5.74) is 1.14. The van der Waals surface area contributed by atoms with Crippen molar-refractivity contribution in [3.63, 3.8) is 0 Å². The smallest absolute Gasteiger partial charge is 0.411 e. The van der Waals surface area contributed by atoms with Crippen molar-refractivity contribution in [2.24, 2.45) is 0 Å². The van der Waals surface area contributed by atoms with Crippen LogP contribution in [0.25, 0.3) is 0 Å². The van der Waals surface area contributed by atoms with Gasteiger partial charge in [-0.1, -0.05) is 0 Å². The lowest BCUT2D eigenvalue weighted by atomic mass is 10.3. The Morgan fingerprint density at radius 2 is 1.12 bits per heavy atom. The lowest BCUT2D eigenvalue weighted by Gasteiger charge is -2.09. The van der Waals surface area contributed by atoms with Crippen molar-refractivity contribution in [1.29, 1.82) is 0 Å². The van der Waals surface area contributed by atoms with Crippen LogP contribution in [0.4, 0.5) is 21.0 Å². The third-order valence-corrected chi connectivity index (χ3v) is 3.43. The van der Waals surface area contributed by atoms with Crippen LogP contribution in [0, 0.1) is 0 Å². The van der Waals surface area contributed by atoms with Crippen molar-refractivity contribution >= 4 is 46.8 Å². The minimum Gasteiger partial charge on any atom is -0.449 e. The summed E-state index contributed by atoms with van der Waals surface area (Å²) in [6.07, 6.45) is 2.02. The van der Waals surface area contributed by atoms with Crippen molar-refractivity contribution in [2.75, 3.05) is 35.6 Å². The lowest BCUT2D eigenvalue weighted by molar-refractivity contribution is 0.159. The van der Waals surface area contributed by atoms with Gasteiger partial charge < -0.3 is 9.47 Å². The van der Waals surface area contributed by atoms with Gasteiger partial charge >= 0.3 is 12.2 Å². The van der Waals surface area contributed by atoms with Gasteiger partial charge in [-0.3, -0.25) is 10.6 Å². The normalized spacial score (nSPS) is 10.1. The zero-order valence-electron chi connectivity index (χ0n) is 13.4. The van der Waals surface area contributed by atoms with E-state index in [1.165, 1.54) is 0 Å². The summed E-state index contributed by atoms with van der Waals surface area (Å²) < 4.78 is 10.00. The highest BCUT2D eigenvalue weighted by molar-refractivity contribution is 6.18. The number of nitrogens with one attached hydrogen (secondary N) is 2. The number of halogens is 2. The first-order valence-corrected chi connectivity index (χ1v) is 8.82. The van der Waals surface area contributed by atoms with Crippen LogP contribution < -0.4 is 10.6 Å². The molecule has 0 atom stereocenters. The number of hydrogen-bond acceptors (Lipinski definition) is 4. The van der Waals surface area contributed by atoms with E-state index < -0.39 is 12.2 Å². The highest BCUT2D eigenvalue weighted by Gasteiger charge is 2.05. The first kappa shape index (κ1) is 20.4. The second-order valence-electron chi connectivity index (χ2n) is 4.89. The average Bonchev–Trinajstić information content (AvgIpc) is 2.57. The first-order chi connectivity index (χ1) is 11.7. The summed E-state index contributed by atoms with van der Waals surface area (Å²) in [6, 6.07) is 6.62. The second kappa shape index (κ2) is 12.7. The van der Waals surface area contributed by atoms with E-state index in [1.807, 2.05) is 0 Å². The molecule has 0 aromatic heterocycles. The van der Waals surface area contributed by atoms with Crippen LogP contribution in [0.15, 0.2) is 24.3 Å². The maximum absolute atomic E-state index is 11.5. The van der Waals surface area contributed by atoms with Gasteiger partial charge in [0.15, 0.2) is 0 Å². The van der Waals surface area contributed by atoms with E-state index in [-0.39, 0.29) is 0 Å². The van der Waals surface area contributed by atoms with Crippen molar-refractivity contribution in [3.05, 3.63) is 24.3 Å². The quantitative estimate of drug-likeness (QED) is 0.453. The zero-order chi connectivity index (χ0) is 17.6. The van der Waals surface area contributed by atoms with E-state index in [4.69, 9.17) is 32.7 Å². The minimum absolute atomic E-state index is 0.327. The molecule has 0 heterocycles. The summed E-state index contributed by atoms with van der Waals surface area (Å²) in [5.74, 6) is 1.10. The Bertz CT molecular complexity index is 452. The van der Waals surface area contributed by atoms with E-state index in [9.17, 15) is 9.59 Å². The van der Waals surface area contributed by atoms with Crippen LogP contribution in [-0.2, 0) is 9.47 Å². The summed E-state index contributed by atoms with van der Waals surface area (Å²) in [6.45, 7) is 0.654. The Kier molecular flexibility index (Phi) is 10.8. The highest BCUT2D eigenvalue weighted by atomic mass is 35.5. The largest absolute Gasteiger partial charge is 0.449 e. The zero-order valence-corrected chi connectivity index (χ0v) is 14.9. The van der Waals surface area contributed by atoms with Gasteiger partial charge in [0.05, 0.1) is 13.2 Å². The molecule has 0 saturated carbocycles. The SMILES string of the molecule is O=C(Nc1ccc(NC(=O)OCCCCCl)cc1)OCCCCCl. The first-order valence-electron chi connectivity index (χ1n) is 7.75. The second-order valence-corrected chi connectivity index (χ2v) is 5.65. The van der Waals surface area contributed by atoms with E-state index in [0.29, 0.717) is 36.3 Å². The van der Waals surface area contributed by atoms with E-state index >= 15 is 0 Å². The van der Waals surface area contributed by atoms with E-state index in [1.54, 1.807) is 24.3 Å². The number of rotatable bonds is 10. The molecule has 134 valence electrons. The number of hydrogen-bond donors (Lipinski definition) is 2. The van der Waals surface area contributed by atoms with Gasteiger partial charge in [0.2, 0.25) is 0 Å². The summed E-state index contributed by atoms with van der Waals surface area (Å²) in [4.78, 5) is 23.1. The molecule has 0 unspecified atom stereocenters. The van der Waals surface area contributed by atoms with Gasteiger partial charge in [-0.05, 0) is 49.9 Å². The molecule has 0 saturated heterocycles. The molecule has 0 aliphatic rings. The number of carbonyl (C=O) groups excluding carboxylic acids is 2. The summed E-state index contributed by atoms with van der Waals surface area (Å²) >= 11 is 11.1. The van der Waals surface area contributed by atoms with Crippen molar-refractivity contribution < 1.29 is 19.1 Å². The molecule has 0 radical (unpaired) electrons. The van der Waals surface area contributed by atoms with Gasteiger partial charge in [-0.15, -0.1) is 23.2 Å². The third kappa shape index (κ3) is 9.47. The fourth-order valence-electron chi connectivity index (χ4n) is 1.67.